The predicted octanol–water partition coefficient (Wildman–Crippen LogP) is 1.55. The molecule has 0 amide bonds. The van der Waals surface area contributed by atoms with Crippen molar-refractivity contribution in [3.63, 3.8) is 0 Å². The summed E-state index contributed by atoms with van der Waals surface area (Å²) in [7, 11) is -7.17. The molecule has 0 saturated carbocycles. The molecule has 1 aromatic carbocycles. The van der Waals surface area contributed by atoms with Gasteiger partial charge in [-0.2, -0.15) is 10.4 Å². The highest BCUT2D eigenvalue weighted by Gasteiger charge is 2.34. The van der Waals surface area contributed by atoms with Gasteiger partial charge in [0.1, 0.15) is 6.07 Å². The van der Waals surface area contributed by atoms with E-state index in [0.29, 0.717) is 5.69 Å². The van der Waals surface area contributed by atoms with Crippen LogP contribution in [0.25, 0.3) is 0 Å². The molecule has 0 aromatic heterocycles. The van der Waals surface area contributed by atoms with Gasteiger partial charge in [-0.25, -0.2) is 16.8 Å². The molecule has 0 heterocycles. The van der Waals surface area contributed by atoms with Crippen LogP contribution in [0.3, 0.4) is 0 Å². The molecule has 0 aliphatic carbocycles. The lowest BCUT2D eigenvalue weighted by Crippen LogP contribution is -2.34. The zero-order valence-electron chi connectivity index (χ0n) is 12.7. The van der Waals surface area contributed by atoms with Crippen molar-refractivity contribution in [2.75, 3.05) is 11.7 Å². The number of nitriles is 1. The second-order valence-electron chi connectivity index (χ2n) is 5.55. The number of benzene rings is 1. The Hall–Kier alpha value is -1.92. The maximum Gasteiger partial charge on any atom is 0.252 e. The van der Waals surface area contributed by atoms with Crippen molar-refractivity contribution < 1.29 is 16.8 Å². The Kier molecular flexibility index (Phi) is 4.99. The van der Waals surface area contributed by atoms with Crippen LogP contribution in [0.1, 0.15) is 20.8 Å². The van der Waals surface area contributed by atoms with Gasteiger partial charge in [-0.1, -0.05) is 0 Å². The third-order valence-corrected chi connectivity index (χ3v) is 6.16. The number of nitrogens with one attached hydrogen (secondary N) is 1. The van der Waals surface area contributed by atoms with Crippen molar-refractivity contribution in [3.8, 4) is 6.07 Å². The molecule has 1 N–H and O–H groups in total. The molecular weight excluding hydrogens is 326 g/mol. The van der Waals surface area contributed by atoms with Crippen molar-refractivity contribution in [2.24, 2.45) is 5.10 Å². The minimum atomic E-state index is -3.86. The molecule has 0 bridgehead atoms. The molecule has 0 fully saturated rings. The summed E-state index contributed by atoms with van der Waals surface area (Å²) < 4.78 is 45.7. The molecule has 22 heavy (non-hydrogen) atoms. The predicted molar refractivity (Wildman–Crippen MR) is 84.9 cm³/mol. The van der Waals surface area contributed by atoms with Gasteiger partial charge >= 0.3 is 0 Å². The second kappa shape index (κ2) is 6.06. The van der Waals surface area contributed by atoms with E-state index in [2.05, 4.69) is 10.5 Å². The van der Waals surface area contributed by atoms with E-state index < -0.39 is 29.5 Å². The fraction of sp³-hybridized carbons (Fsp3) is 0.385. The maximum atomic E-state index is 12.1. The van der Waals surface area contributed by atoms with Gasteiger partial charge in [0.05, 0.1) is 15.3 Å². The van der Waals surface area contributed by atoms with Gasteiger partial charge in [-0.15, -0.1) is 0 Å². The van der Waals surface area contributed by atoms with Crippen molar-refractivity contribution in [2.45, 2.75) is 30.4 Å². The SMILES string of the molecule is CC(C)(C)S(=O)(=O)/C(C#N)=N/Nc1ccc(S(C)(=O)=O)cc1. The number of hydrazone groups is 1. The third kappa shape index (κ3) is 4.05. The van der Waals surface area contributed by atoms with Gasteiger partial charge in [0.25, 0.3) is 5.04 Å². The number of hydrogen-bond acceptors (Lipinski definition) is 7. The van der Waals surface area contributed by atoms with Crippen LogP contribution in [-0.4, -0.2) is 32.9 Å². The van der Waals surface area contributed by atoms with Crippen LogP contribution in [0.5, 0.6) is 0 Å². The Morgan fingerprint density at radius 3 is 2.00 bits per heavy atom. The normalized spacial score (nSPS) is 13.5. The molecule has 7 nitrogen and oxygen atoms in total. The Balaban J connectivity index is 3.08. The van der Waals surface area contributed by atoms with Crippen LogP contribution in [0.2, 0.25) is 0 Å². The number of nitrogens with zero attached hydrogens (tertiary/aromatic N) is 2. The first-order valence-electron chi connectivity index (χ1n) is 6.18. The topological polar surface area (TPSA) is 116 Å². The van der Waals surface area contributed by atoms with Gasteiger partial charge in [0.2, 0.25) is 9.84 Å². The number of hydrogen-bond donors (Lipinski definition) is 1. The monoisotopic (exact) mass is 343 g/mol. The molecule has 0 radical (unpaired) electrons. The van der Waals surface area contributed by atoms with E-state index in [9.17, 15) is 16.8 Å². The van der Waals surface area contributed by atoms with E-state index in [1.165, 1.54) is 45.0 Å². The first-order valence-corrected chi connectivity index (χ1v) is 9.55. The summed E-state index contributed by atoms with van der Waals surface area (Å²) in [6, 6.07) is 7.13. The zero-order valence-corrected chi connectivity index (χ0v) is 14.3. The number of rotatable bonds is 3. The van der Waals surface area contributed by atoms with Crippen molar-refractivity contribution in [1.82, 2.24) is 0 Å². The molecular formula is C13H17N3O4S2. The highest BCUT2D eigenvalue weighted by molar-refractivity contribution is 8.08. The standard InChI is InChI=1S/C13H17N3O4S2/c1-13(2,3)22(19,20)12(9-14)16-15-10-5-7-11(8-6-10)21(4,17)18/h5-8,15H,1-4H3/b16-12+. The molecule has 9 heteroatoms. The summed E-state index contributed by atoms with van der Waals surface area (Å²) in [5.41, 5.74) is 2.81. The van der Waals surface area contributed by atoms with Crippen LogP contribution in [0.4, 0.5) is 5.69 Å². The fourth-order valence-electron chi connectivity index (χ4n) is 1.33. The molecule has 0 aliphatic rings. The number of sulfone groups is 2. The van der Waals surface area contributed by atoms with Gasteiger partial charge in [0, 0.05) is 6.26 Å². The fourth-order valence-corrected chi connectivity index (χ4v) is 2.82. The van der Waals surface area contributed by atoms with Crippen LogP contribution in [0.15, 0.2) is 34.3 Å². The quantitative estimate of drug-likeness (QED) is 0.505. The number of anilines is 1. The molecule has 120 valence electrons. The Bertz CT molecular complexity index is 825. The lowest BCUT2D eigenvalue weighted by atomic mass is 10.3. The molecule has 0 unspecified atom stereocenters. The Morgan fingerprint density at radius 2 is 1.64 bits per heavy atom. The third-order valence-electron chi connectivity index (χ3n) is 2.73. The van der Waals surface area contributed by atoms with Gasteiger partial charge in [0.15, 0.2) is 9.84 Å². The van der Waals surface area contributed by atoms with E-state index in [4.69, 9.17) is 5.26 Å². The van der Waals surface area contributed by atoms with E-state index in [-0.39, 0.29) is 4.90 Å². The summed E-state index contributed by atoms with van der Waals surface area (Å²) in [5.74, 6) is 0. The lowest BCUT2D eigenvalue weighted by molar-refractivity contribution is 0.573. The van der Waals surface area contributed by atoms with Gasteiger partial charge in [-0.3, -0.25) is 5.43 Å². The summed E-state index contributed by atoms with van der Waals surface area (Å²) in [4.78, 5) is 0.129. The Morgan fingerprint density at radius 1 is 1.14 bits per heavy atom. The average molecular weight is 343 g/mol. The Labute approximate surface area is 130 Å². The van der Waals surface area contributed by atoms with E-state index in [1.807, 2.05) is 0 Å². The van der Waals surface area contributed by atoms with E-state index in [0.717, 1.165) is 6.26 Å². The summed E-state index contributed by atoms with van der Waals surface area (Å²) >= 11 is 0. The largest absolute Gasteiger partial charge is 0.277 e. The molecule has 0 aliphatic heterocycles. The first kappa shape index (κ1) is 18.1. The molecule has 1 rings (SSSR count). The lowest BCUT2D eigenvalue weighted by Gasteiger charge is -2.17. The van der Waals surface area contributed by atoms with Gasteiger partial charge < -0.3 is 0 Å². The highest BCUT2D eigenvalue weighted by atomic mass is 32.2. The average Bonchev–Trinajstić information content (AvgIpc) is 2.37. The molecule has 0 saturated heterocycles. The zero-order chi connectivity index (χ0) is 17.2. The van der Waals surface area contributed by atoms with Crippen LogP contribution >= 0.6 is 0 Å². The molecule has 1 aromatic rings. The minimum absolute atomic E-state index is 0.129. The smallest absolute Gasteiger partial charge is 0.252 e. The van der Waals surface area contributed by atoms with E-state index in [1.54, 1.807) is 6.07 Å². The molecule has 0 spiro atoms. The van der Waals surface area contributed by atoms with E-state index >= 15 is 0 Å². The molecule has 0 atom stereocenters. The van der Waals surface area contributed by atoms with Crippen molar-refractivity contribution >= 4 is 30.4 Å². The van der Waals surface area contributed by atoms with Crippen LogP contribution in [-0.2, 0) is 19.7 Å². The van der Waals surface area contributed by atoms with Crippen LogP contribution < -0.4 is 5.43 Å². The summed E-state index contributed by atoms with van der Waals surface area (Å²) in [6.45, 7) is 4.41. The minimum Gasteiger partial charge on any atom is -0.277 e. The van der Waals surface area contributed by atoms with Crippen molar-refractivity contribution in [1.29, 1.82) is 5.26 Å². The second-order valence-corrected chi connectivity index (χ2v) is 10.2. The summed E-state index contributed by atoms with van der Waals surface area (Å²) in [6.07, 6.45) is 1.08. The first-order chi connectivity index (χ1) is 9.89. The van der Waals surface area contributed by atoms with Crippen molar-refractivity contribution in [3.05, 3.63) is 24.3 Å². The summed E-state index contributed by atoms with van der Waals surface area (Å²) in [5, 5.41) is 12.0. The maximum absolute atomic E-state index is 12.1. The highest BCUT2D eigenvalue weighted by Crippen LogP contribution is 2.18. The van der Waals surface area contributed by atoms with Crippen LogP contribution in [0, 0.1) is 11.3 Å². The van der Waals surface area contributed by atoms with Gasteiger partial charge in [-0.05, 0) is 45.0 Å².